The maximum absolute atomic E-state index is 12.8. The Morgan fingerprint density at radius 3 is 2.67 bits per heavy atom. The van der Waals surface area contributed by atoms with E-state index in [-0.39, 0.29) is 5.56 Å². The number of aromatic nitrogens is 2. The summed E-state index contributed by atoms with van der Waals surface area (Å²) in [5, 5.41) is 11.5. The molecule has 21 heavy (non-hydrogen) atoms. The lowest BCUT2D eigenvalue weighted by molar-refractivity contribution is 0.131. The summed E-state index contributed by atoms with van der Waals surface area (Å²) < 4.78 is 1.47. The first-order valence-corrected chi connectivity index (χ1v) is 6.65. The molecule has 3 aromatic rings. The van der Waals surface area contributed by atoms with Crippen LogP contribution in [0.4, 0.5) is 0 Å². The first kappa shape index (κ1) is 12.1. The van der Waals surface area contributed by atoms with Crippen LogP contribution in [0.2, 0.25) is 0 Å². The Kier molecular flexibility index (Phi) is 2.24. The molecule has 1 aliphatic rings. The quantitative estimate of drug-likeness (QED) is 0.693. The van der Waals surface area contributed by atoms with Crippen LogP contribution in [-0.2, 0) is 5.60 Å². The molecule has 0 aliphatic carbocycles. The van der Waals surface area contributed by atoms with E-state index in [1.807, 2.05) is 18.2 Å². The van der Waals surface area contributed by atoms with Gasteiger partial charge in [0.25, 0.3) is 5.56 Å². The van der Waals surface area contributed by atoms with Crippen molar-refractivity contribution in [1.29, 1.82) is 0 Å². The number of nitrogens with zero attached hydrogens (tertiary/aromatic N) is 2. The average Bonchev–Trinajstić information content (AvgIpc) is 2.78. The maximum Gasteiger partial charge on any atom is 0.266 e. The van der Waals surface area contributed by atoms with Crippen LogP contribution in [-0.4, -0.2) is 14.7 Å². The predicted octanol–water partition coefficient (Wildman–Crippen LogP) is 2.12. The smallest absolute Gasteiger partial charge is 0.266 e. The van der Waals surface area contributed by atoms with Crippen molar-refractivity contribution in [2.45, 2.75) is 5.60 Å². The van der Waals surface area contributed by atoms with Crippen molar-refractivity contribution in [3.8, 4) is 5.69 Å². The van der Waals surface area contributed by atoms with Crippen molar-refractivity contribution in [3.05, 3.63) is 82.9 Å². The number of fused-ring (bicyclic) bond motifs is 4. The molecular formula is C17H12N2O2. The Hall–Kier alpha value is -2.72. The van der Waals surface area contributed by atoms with Crippen molar-refractivity contribution in [3.63, 3.8) is 0 Å². The molecule has 0 fully saturated rings. The fourth-order valence-electron chi connectivity index (χ4n) is 2.92. The van der Waals surface area contributed by atoms with Crippen LogP contribution in [0.25, 0.3) is 16.6 Å². The molecule has 0 radical (unpaired) electrons. The second-order valence-electron chi connectivity index (χ2n) is 5.08. The van der Waals surface area contributed by atoms with E-state index in [2.05, 4.69) is 11.6 Å². The second kappa shape index (κ2) is 3.90. The Morgan fingerprint density at radius 1 is 1.14 bits per heavy atom. The molecule has 0 spiro atoms. The van der Waals surface area contributed by atoms with Crippen molar-refractivity contribution < 1.29 is 5.11 Å². The standard InChI is InChI=1S/C17H12N2O2/c1-2-17(21)12-8-4-6-10-14(12)19-15(20)11-7-3-5-9-13(11)18-16(17)19/h2-10,21H,1H2/t17-/m0/s1. The van der Waals surface area contributed by atoms with Crippen LogP contribution in [0.5, 0.6) is 0 Å². The van der Waals surface area contributed by atoms with Gasteiger partial charge in [-0.1, -0.05) is 36.9 Å². The van der Waals surface area contributed by atoms with E-state index in [4.69, 9.17) is 0 Å². The zero-order valence-electron chi connectivity index (χ0n) is 11.2. The highest BCUT2D eigenvalue weighted by Gasteiger charge is 2.42. The number of hydrogen-bond donors (Lipinski definition) is 1. The number of aliphatic hydroxyl groups is 1. The van der Waals surface area contributed by atoms with Crippen molar-refractivity contribution >= 4 is 10.9 Å². The summed E-state index contributed by atoms with van der Waals surface area (Å²) >= 11 is 0. The second-order valence-corrected chi connectivity index (χ2v) is 5.08. The van der Waals surface area contributed by atoms with Gasteiger partial charge in [0.2, 0.25) is 0 Å². The van der Waals surface area contributed by atoms with Crippen molar-refractivity contribution in [1.82, 2.24) is 9.55 Å². The molecule has 0 bridgehead atoms. The predicted molar refractivity (Wildman–Crippen MR) is 80.5 cm³/mol. The lowest BCUT2D eigenvalue weighted by atomic mass is 9.95. The highest BCUT2D eigenvalue weighted by atomic mass is 16.3. The molecule has 4 heteroatoms. The van der Waals surface area contributed by atoms with E-state index in [9.17, 15) is 9.90 Å². The van der Waals surface area contributed by atoms with E-state index >= 15 is 0 Å². The number of rotatable bonds is 1. The van der Waals surface area contributed by atoms with Crippen LogP contribution < -0.4 is 5.56 Å². The maximum atomic E-state index is 12.8. The molecule has 0 saturated heterocycles. The number of hydrogen-bond acceptors (Lipinski definition) is 3. The molecule has 0 amide bonds. The minimum absolute atomic E-state index is 0.180. The average molecular weight is 276 g/mol. The molecule has 0 saturated carbocycles. The van der Waals surface area contributed by atoms with E-state index in [1.54, 1.807) is 30.3 Å². The Bertz CT molecular complexity index is 958. The molecular weight excluding hydrogens is 264 g/mol. The molecule has 2 aromatic carbocycles. The normalized spacial score (nSPS) is 19.3. The third-order valence-electron chi connectivity index (χ3n) is 3.97. The van der Waals surface area contributed by atoms with Crippen molar-refractivity contribution in [2.75, 3.05) is 0 Å². The zero-order valence-corrected chi connectivity index (χ0v) is 11.2. The fraction of sp³-hybridized carbons (Fsp3) is 0.0588. The van der Waals surface area contributed by atoms with Gasteiger partial charge in [-0.3, -0.25) is 9.36 Å². The summed E-state index contributed by atoms with van der Waals surface area (Å²) in [5.41, 5.74) is 0.223. The van der Waals surface area contributed by atoms with Gasteiger partial charge in [0.05, 0.1) is 16.6 Å². The molecule has 102 valence electrons. The van der Waals surface area contributed by atoms with Gasteiger partial charge < -0.3 is 5.11 Å². The van der Waals surface area contributed by atoms with Gasteiger partial charge in [-0.15, -0.1) is 0 Å². The minimum atomic E-state index is -1.44. The highest BCUT2D eigenvalue weighted by Crippen LogP contribution is 2.40. The molecule has 4 rings (SSSR count). The van der Waals surface area contributed by atoms with E-state index < -0.39 is 5.60 Å². The molecule has 1 N–H and O–H groups in total. The monoisotopic (exact) mass is 276 g/mol. The van der Waals surface area contributed by atoms with Gasteiger partial charge >= 0.3 is 0 Å². The minimum Gasteiger partial charge on any atom is -0.373 e. The number of benzene rings is 2. The molecule has 2 heterocycles. The lowest BCUT2D eigenvalue weighted by Crippen LogP contribution is -2.28. The van der Waals surface area contributed by atoms with E-state index in [0.29, 0.717) is 28.0 Å². The Balaban J connectivity index is 2.25. The number of para-hydroxylation sites is 2. The molecule has 1 atom stereocenters. The van der Waals surface area contributed by atoms with E-state index in [0.717, 1.165) is 0 Å². The summed E-state index contributed by atoms with van der Waals surface area (Å²) in [6.45, 7) is 3.72. The summed E-state index contributed by atoms with van der Waals surface area (Å²) in [7, 11) is 0. The van der Waals surface area contributed by atoms with Crippen molar-refractivity contribution in [2.24, 2.45) is 0 Å². The SMILES string of the molecule is C=C[C@]1(O)c2ccccc2-n2c1nc1ccccc1c2=O. The van der Waals surface area contributed by atoms with Crippen LogP contribution in [0, 0.1) is 0 Å². The van der Waals surface area contributed by atoms with Crippen LogP contribution in [0.3, 0.4) is 0 Å². The van der Waals surface area contributed by atoms with Crippen LogP contribution >= 0.6 is 0 Å². The summed E-state index contributed by atoms with van der Waals surface area (Å²) in [6.07, 6.45) is 1.42. The first-order valence-electron chi connectivity index (χ1n) is 6.65. The first-order chi connectivity index (χ1) is 10.2. The Morgan fingerprint density at radius 2 is 1.86 bits per heavy atom. The van der Waals surface area contributed by atoms with Gasteiger partial charge in [0.15, 0.2) is 11.4 Å². The molecule has 1 aromatic heterocycles. The third-order valence-corrected chi connectivity index (χ3v) is 3.97. The van der Waals surface area contributed by atoms with Crippen LogP contribution in [0.15, 0.2) is 66.0 Å². The van der Waals surface area contributed by atoms with Gasteiger partial charge in [-0.2, -0.15) is 0 Å². The molecule has 1 aliphatic heterocycles. The zero-order chi connectivity index (χ0) is 14.6. The summed E-state index contributed by atoms with van der Waals surface area (Å²) in [5.74, 6) is 0.294. The summed E-state index contributed by atoms with van der Waals surface area (Å²) in [6, 6.07) is 14.4. The van der Waals surface area contributed by atoms with Crippen LogP contribution in [0.1, 0.15) is 11.4 Å². The van der Waals surface area contributed by atoms with Gasteiger partial charge in [-0.05, 0) is 24.3 Å². The van der Waals surface area contributed by atoms with Gasteiger partial charge in [0.1, 0.15) is 0 Å². The summed E-state index contributed by atoms with van der Waals surface area (Å²) in [4.78, 5) is 17.3. The Labute approximate surface area is 120 Å². The fourth-order valence-corrected chi connectivity index (χ4v) is 2.92. The largest absolute Gasteiger partial charge is 0.373 e. The molecule has 4 nitrogen and oxygen atoms in total. The van der Waals surface area contributed by atoms with E-state index in [1.165, 1.54) is 10.6 Å². The third kappa shape index (κ3) is 1.37. The highest BCUT2D eigenvalue weighted by molar-refractivity contribution is 5.79. The van der Waals surface area contributed by atoms with Gasteiger partial charge in [-0.25, -0.2) is 4.98 Å². The molecule has 0 unspecified atom stereocenters. The topological polar surface area (TPSA) is 55.1 Å². The van der Waals surface area contributed by atoms with Gasteiger partial charge in [0, 0.05) is 5.56 Å². The lowest BCUT2D eigenvalue weighted by Gasteiger charge is -2.18.